The predicted molar refractivity (Wildman–Crippen MR) is 43.8 cm³/mol. The molecule has 0 aromatic carbocycles. The third-order valence-electron chi connectivity index (χ3n) is 1.64. The molecule has 0 aromatic heterocycles. The molecule has 0 aliphatic rings. The Labute approximate surface area is 63.1 Å². The van der Waals surface area contributed by atoms with Gasteiger partial charge in [-0.05, 0) is 19.3 Å². The Morgan fingerprint density at radius 1 is 1.40 bits per heavy atom. The lowest BCUT2D eigenvalue weighted by atomic mass is 10.1. The highest BCUT2D eigenvalue weighted by Crippen LogP contribution is 2.07. The first-order chi connectivity index (χ1) is 4.66. The molecule has 0 saturated carbocycles. The van der Waals surface area contributed by atoms with Gasteiger partial charge in [-0.2, -0.15) is 0 Å². The zero-order valence-electron chi connectivity index (χ0n) is 7.10. The van der Waals surface area contributed by atoms with Gasteiger partial charge in [-0.1, -0.05) is 32.4 Å². The Bertz CT molecular complexity index is 94.9. The first-order valence-electron chi connectivity index (χ1n) is 3.97. The SMILES string of the molecule is CC[C@@H](C)C/C=C\C(C)F. The molecule has 0 bridgehead atoms. The fraction of sp³-hybridized carbons (Fsp3) is 0.778. The monoisotopic (exact) mass is 144 g/mol. The number of allylic oxidation sites excluding steroid dienone is 2. The highest BCUT2D eigenvalue weighted by molar-refractivity contribution is 4.87. The van der Waals surface area contributed by atoms with Crippen LogP contribution in [0.5, 0.6) is 0 Å². The van der Waals surface area contributed by atoms with Gasteiger partial charge in [0.15, 0.2) is 0 Å². The van der Waals surface area contributed by atoms with Crippen LogP contribution >= 0.6 is 0 Å². The zero-order valence-corrected chi connectivity index (χ0v) is 7.10. The smallest absolute Gasteiger partial charge is 0.115 e. The van der Waals surface area contributed by atoms with E-state index in [9.17, 15) is 4.39 Å². The van der Waals surface area contributed by atoms with Crippen molar-refractivity contribution >= 4 is 0 Å². The van der Waals surface area contributed by atoms with Crippen molar-refractivity contribution < 1.29 is 4.39 Å². The second-order valence-corrected chi connectivity index (χ2v) is 2.85. The quantitative estimate of drug-likeness (QED) is 0.531. The third kappa shape index (κ3) is 5.80. The summed E-state index contributed by atoms with van der Waals surface area (Å²) in [5, 5.41) is 0. The molecule has 1 unspecified atom stereocenters. The van der Waals surface area contributed by atoms with E-state index in [0.29, 0.717) is 5.92 Å². The summed E-state index contributed by atoms with van der Waals surface area (Å²) in [5.74, 6) is 0.690. The number of halogens is 1. The van der Waals surface area contributed by atoms with E-state index in [4.69, 9.17) is 0 Å². The van der Waals surface area contributed by atoms with Gasteiger partial charge >= 0.3 is 0 Å². The summed E-state index contributed by atoms with van der Waals surface area (Å²) in [6.45, 7) is 5.87. The van der Waals surface area contributed by atoms with E-state index in [0.717, 1.165) is 6.42 Å². The van der Waals surface area contributed by atoms with Gasteiger partial charge < -0.3 is 0 Å². The Kier molecular flexibility index (Phi) is 5.27. The molecule has 60 valence electrons. The van der Waals surface area contributed by atoms with Crippen LogP contribution in [0.3, 0.4) is 0 Å². The topological polar surface area (TPSA) is 0 Å². The molecule has 0 rings (SSSR count). The van der Waals surface area contributed by atoms with Crippen LogP contribution in [-0.4, -0.2) is 6.17 Å². The maximum Gasteiger partial charge on any atom is 0.115 e. The van der Waals surface area contributed by atoms with Crippen LogP contribution in [0, 0.1) is 5.92 Å². The van der Waals surface area contributed by atoms with Crippen molar-refractivity contribution in [2.75, 3.05) is 0 Å². The van der Waals surface area contributed by atoms with Gasteiger partial charge in [0.2, 0.25) is 0 Å². The molecule has 0 radical (unpaired) electrons. The molecule has 0 N–H and O–H groups in total. The van der Waals surface area contributed by atoms with Crippen molar-refractivity contribution in [3.63, 3.8) is 0 Å². The molecular weight excluding hydrogens is 127 g/mol. The molecule has 0 amide bonds. The van der Waals surface area contributed by atoms with E-state index in [1.165, 1.54) is 6.42 Å². The summed E-state index contributed by atoms with van der Waals surface area (Å²) < 4.78 is 12.2. The molecule has 0 saturated heterocycles. The lowest BCUT2D eigenvalue weighted by Gasteiger charge is -2.02. The predicted octanol–water partition coefficient (Wildman–Crippen LogP) is 3.34. The minimum absolute atomic E-state index is 0.690. The largest absolute Gasteiger partial charge is 0.243 e. The van der Waals surface area contributed by atoms with E-state index < -0.39 is 6.17 Å². The number of rotatable bonds is 4. The average molecular weight is 144 g/mol. The zero-order chi connectivity index (χ0) is 7.98. The van der Waals surface area contributed by atoms with Crippen LogP contribution in [0.4, 0.5) is 4.39 Å². The van der Waals surface area contributed by atoms with E-state index in [-0.39, 0.29) is 0 Å². The van der Waals surface area contributed by atoms with Gasteiger partial charge in [0.05, 0.1) is 0 Å². The summed E-state index contributed by atoms with van der Waals surface area (Å²) in [6.07, 6.45) is 4.94. The van der Waals surface area contributed by atoms with Crippen LogP contribution in [0.15, 0.2) is 12.2 Å². The highest BCUT2D eigenvalue weighted by atomic mass is 19.1. The summed E-state index contributed by atoms with van der Waals surface area (Å²) in [7, 11) is 0. The van der Waals surface area contributed by atoms with Gasteiger partial charge in [0, 0.05) is 0 Å². The van der Waals surface area contributed by atoms with Crippen LogP contribution in [0.25, 0.3) is 0 Å². The van der Waals surface area contributed by atoms with Gasteiger partial charge in [-0.15, -0.1) is 0 Å². The fourth-order valence-electron chi connectivity index (χ4n) is 0.665. The lowest BCUT2D eigenvalue weighted by Crippen LogP contribution is -1.89. The number of alkyl halides is 1. The van der Waals surface area contributed by atoms with E-state index >= 15 is 0 Å². The first-order valence-corrected chi connectivity index (χ1v) is 3.97. The summed E-state index contributed by atoms with van der Waals surface area (Å²) in [4.78, 5) is 0. The fourth-order valence-corrected chi connectivity index (χ4v) is 0.665. The van der Waals surface area contributed by atoms with Crippen LogP contribution in [0.2, 0.25) is 0 Å². The Morgan fingerprint density at radius 2 is 2.00 bits per heavy atom. The van der Waals surface area contributed by atoms with Gasteiger partial charge in [-0.3, -0.25) is 0 Å². The normalized spacial score (nSPS) is 17.6. The van der Waals surface area contributed by atoms with Gasteiger partial charge in [0.25, 0.3) is 0 Å². The standard InChI is InChI=1S/C9H17F/c1-4-8(2)6-5-7-9(3)10/h5,7-9H,4,6H2,1-3H3/b7-5-/t8-,9?/m1/s1. The Hall–Kier alpha value is -0.330. The molecule has 0 fully saturated rings. The molecule has 2 atom stereocenters. The second kappa shape index (κ2) is 5.45. The van der Waals surface area contributed by atoms with Gasteiger partial charge in [-0.25, -0.2) is 4.39 Å². The molecule has 0 aliphatic heterocycles. The van der Waals surface area contributed by atoms with Crippen LogP contribution < -0.4 is 0 Å². The van der Waals surface area contributed by atoms with Crippen molar-refractivity contribution in [2.45, 2.75) is 39.8 Å². The molecule has 0 aliphatic carbocycles. The Balaban J connectivity index is 3.33. The van der Waals surface area contributed by atoms with Crippen molar-refractivity contribution in [1.82, 2.24) is 0 Å². The van der Waals surface area contributed by atoms with Crippen LogP contribution in [-0.2, 0) is 0 Å². The van der Waals surface area contributed by atoms with Crippen LogP contribution in [0.1, 0.15) is 33.6 Å². The maximum atomic E-state index is 12.2. The summed E-state index contributed by atoms with van der Waals surface area (Å²) in [5.41, 5.74) is 0. The first kappa shape index (κ1) is 9.67. The molecule has 0 spiro atoms. The maximum absolute atomic E-state index is 12.2. The molecule has 0 nitrogen and oxygen atoms in total. The van der Waals surface area contributed by atoms with E-state index in [1.54, 1.807) is 13.0 Å². The highest BCUT2D eigenvalue weighted by Gasteiger charge is 1.94. The Morgan fingerprint density at radius 3 is 2.40 bits per heavy atom. The second-order valence-electron chi connectivity index (χ2n) is 2.85. The molecule has 0 heterocycles. The van der Waals surface area contributed by atoms with Crippen molar-refractivity contribution in [3.8, 4) is 0 Å². The van der Waals surface area contributed by atoms with E-state index in [1.807, 2.05) is 6.08 Å². The third-order valence-corrected chi connectivity index (χ3v) is 1.64. The lowest BCUT2D eigenvalue weighted by molar-refractivity contribution is 0.428. The number of hydrogen-bond acceptors (Lipinski definition) is 0. The molecule has 0 aromatic rings. The molecular formula is C9H17F. The minimum atomic E-state index is -0.788. The summed E-state index contributed by atoms with van der Waals surface area (Å²) in [6, 6.07) is 0. The number of hydrogen-bond donors (Lipinski definition) is 0. The average Bonchev–Trinajstić information content (AvgIpc) is 1.87. The summed E-state index contributed by atoms with van der Waals surface area (Å²) >= 11 is 0. The van der Waals surface area contributed by atoms with Crippen molar-refractivity contribution in [3.05, 3.63) is 12.2 Å². The van der Waals surface area contributed by atoms with Crippen molar-refractivity contribution in [2.24, 2.45) is 5.92 Å². The van der Waals surface area contributed by atoms with Gasteiger partial charge in [0.1, 0.15) is 6.17 Å². The van der Waals surface area contributed by atoms with E-state index in [2.05, 4.69) is 13.8 Å². The van der Waals surface area contributed by atoms with Crippen molar-refractivity contribution in [1.29, 1.82) is 0 Å². The molecule has 1 heteroatoms. The molecule has 10 heavy (non-hydrogen) atoms. The minimum Gasteiger partial charge on any atom is -0.243 e.